The molecule has 1 fully saturated rings. The molecule has 6 nitrogen and oxygen atoms in total. The lowest BCUT2D eigenvalue weighted by molar-refractivity contribution is 0.760. The molecule has 0 bridgehead atoms. The van der Waals surface area contributed by atoms with Crippen LogP contribution >= 0.6 is 0 Å². The molecule has 0 saturated heterocycles. The first-order valence-corrected chi connectivity index (χ1v) is 8.02. The third-order valence-electron chi connectivity index (χ3n) is 4.15. The van der Waals surface area contributed by atoms with Gasteiger partial charge in [0.15, 0.2) is 11.8 Å². The minimum Gasteiger partial charge on any atom is -0.353 e. The van der Waals surface area contributed by atoms with E-state index in [1.165, 1.54) is 6.42 Å². The largest absolute Gasteiger partial charge is 0.353 e. The summed E-state index contributed by atoms with van der Waals surface area (Å²) in [6.07, 6.45) is 3.10. The highest BCUT2D eigenvalue weighted by Gasteiger charge is 2.33. The Morgan fingerprint density at radius 1 is 1.39 bits per heavy atom. The highest BCUT2D eigenvalue weighted by molar-refractivity contribution is 5.80. The zero-order valence-corrected chi connectivity index (χ0v) is 14.2. The molecule has 23 heavy (non-hydrogen) atoms. The standard InChI is InChI=1S/C17H24N6/c1-11-7-15(11)21-17(18-4)20-10-14-5-6-16(19-9-14)23-13(3)8-12(2)22-23/h5-6,8-9,11,15H,7,10H2,1-4H3,(H2,18,20,21). The molecule has 0 aliphatic heterocycles. The Morgan fingerprint density at radius 3 is 2.70 bits per heavy atom. The molecule has 0 amide bonds. The van der Waals surface area contributed by atoms with Gasteiger partial charge in [0.2, 0.25) is 0 Å². The van der Waals surface area contributed by atoms with Crippen LogP contribution in [-0.2, 0) is 6.54 Å². The van der Waals surface area contributed by atoms with Crippen LogP contribution in [0.5, 0.6) is 0 Å². The van der Waals surface area contributed by atoms with Gasteiger partial charge in [-0.3, -0.25) is 4.99 Å². The predicted molar refractivity (Wildman–Crippen MR) is 91.7 cm³/mol. The van der Waals surface area contributed by atoms with Crippen LogP contribution in [0, 0.1) is 19.8 Å². The van der Waals surface area contributed by atoms with Crippen molar-refractivity contribution < 1.29 is 0 Å². The van der Waals surface area contributed by atoms with Crippen LogP contribution in [0.2, 0.25) is 0 Å². The molecule has 1 aliphatic carbocycles. The van der Waals surface area contributed by atoms with Crippen molar-refractivity contribution in [1.29, 1.82) is 0 Å². The smallest absolute Gasteiger partial charge is 0.191 e. The number of guanidine groups is 1. The summed E-state index contributed by atoms with van der Waals surface area (Å²) in [5.74, 6) is 2.44. The molecule has 2 atom stereocenters. The van der Waals surface area contributed by atoms with Crippen LogP contribution in [-0.4, -0.2) is 33.8 Å². The summed E-state index contributed by atoms with van der Waals surface area (Å²) < 4.78 is 1.86. The van der Waals surface area contributed by atoms with Gasteiger partial charge < -0.3 is 10.6 Å². The van der Waals surface area contributed by atoms with Crippen LogP contribution < -0.4 is 10.6 Å². The fraction of sp³-hybridized carbons (Fsp3) is 0.471. The van der Waals surface area contributed by atoms with E-state index in [-0.39, 0.29) is 0 Å². The Bertz CT molecular complexity index is 700. The maximum Gasteiger partial charge on any atom is 0.191 e. The molecule has 0 aromatic carbocycles. The van der Waals surface area contributed by atoms with Crippen molar-refractivity contribution in [2.45, 2.75) is 39.8 Å². The van der Waals surface area contributed by atoms with Gasteiger partial charge in [0.1, 0.15) is 0 Å². The van der Waals surface area contributed by atoms with Crippen molar-refractivity contribution in [1.82, 2.24) is 25.4 Å². The lowest BCUT2D eigenvalue weighted by atomic mass is 10.3. The van der Waals surface area contributed by atoms with Gasteiger partial charge in [-0.1, -0.05) is 13.0 Å². The highest BCUT2D eigenvalue weighted by Crippen LogP contribution is 2.28. The third kappa shape index (κ3) is 3.70. The average molecular weight is 312 g/mol. The molecular weight excluding hydrogens is 288 g/mol. The first-order valence-electron chi connectivity index (χ1n) is 8.02. The van der Waals surface area contributed by atoms with Crippen LogP contribution in [0.25, 0.3) is 5.82 Å². The number of hydrogen-bond donors (Lipinski definition) is 2. The molecule has 0 spiro atoms. The Labute approximate surface area is 137 Å². The molecule has 2 aromatic heterocycles. The number of aryl methyl sites for hydroxylation is 2. The molecule has 122 valence electrons. The summed E-state index contributed by atoms with van der Waals surface area (Å²) >= 11 is 0. The number of aliphatic imine (C=N–C) groups is 1. The van der Waals surface area contributed by atoms with E-state index in [0.717, 1.165) is 34.6 Å². The molecule has 0 radical (unpaired) electrons. The highest BCUT2D eigenvalue weighted by atomic mass is 15.3. The summed E-state index contributed by atoms with van der Waals surface area (Å²) in [5.41, 5.74) is 3.20. The number of nitrogens with one attached hydrogen (secondary N) is 2. The summed E-state index contributed by atoms with van der Waals surface area (Å²) in [4.78, 5) is 8.77. The van der Waals surface area contributed by atoms with E-state index in [0.29, 0.717) is 12.6 Å². The fourth-order valence-corrected chi connectivity index (χ4v) is 2.59. The number of nitrogens with zero attached hydrogens (tertiary/aromatic N) is 4. The quantitative estimate of drug-likeness (QED) is 0.669. The van der Waals surface area contributed by atoms with Gasteiger partial charge in [-0.2, -0.15) is 5.10 Å². The van der Waals surface area contributed by atoms with Gasteiger partial charge >= 0.3 is 0 Å². The number of pyridine rings is 1. The molecule has 3 rings (SSSR count). The number of hydrogen-bond acceptors (Lipinski definition) is 3. The van der Waals surface area contributed by atoms with E-state index >= 15 is 0 Å². The maximum atomic E-state index is 4.51. The summed E-state index contributed by atoms with van der Waals surface area (Å²) in [6, 6.07) is 6.67. The summed E-state index contributed by atoms with van der Waals surface area (Å²) in [6.45, 7) is 6.96. The second-order valence-electron chi connectivity index (χ2n) is 6.25. The van der Waals surface area contributed by atoms with Gasteiger partial charge in [0.25, 0.3) is 0 Å². The molecule has 2 aromatic rings. The van der Waals surface area contributed by atoms with E-state index in [1.807, 2.05) is 36.9 Å². The van der Waals surface area contributed by atoms with E-state index in [9.17, 15) is 0 Å². The Balaban J connectivity index is 1.60. The van der Waals surface area contributed by atoms with Crippen LogP contribution in [0.15, 0.2) is 29.4 Å². The van der Waals surface area contributed by atoms with Crippen LogP contribution in [0.4, 0.5) is 0 Å². The number of aromatic nitrogens is 3. The van der Waals surface area contributed by atoms with Crippen molar-refractivity contribution in [2.75, 3.05) is 7.05 Å². The van der Waals surface area contributed by atoms with E-state index < -0.39 is 0 Å². The third-order valence-corrected chi connectivity index (χ3v) is 4.15. The first kappa shape index (κ1) is 15.5. The number of rotatable bonds is 4. The Morgan fingerprint density at radius 2 is 2.17 bits per heavy atom. The lowest BCUT2D eigenvalue weighted by Crippen LogP contribution is -2.38. The van der Waals surface area contributed by atoms with Gasteiger partial charge in [-0.15, -0.1) is 0 Å². The van der Waals surface area contributed by atoms with Crippen LogP contribution in [0.1, 0.15) is 30.3 Å². The summed E-state index contributed by atoms with van der Waals surface area (Å²) in [5, 5.41) is 11.2. The first-order chi connectivity index (χ1) is 11.1. The van der Waals surface area contributed by atoms with Crippen molar-refractivity contribution in [2.24, 2.45) is 10.9 Å². The molecule has 2 unspecified atom stereocenters. The normalized spacial score (nSPS) is 20.4. The minimum atomic E-state index is 0.563. The zero-order valence-electron chi connectivity index (χ0n) is 14.2. The topological polar surface area (TPSA) is 67.1 Å². The van der Waals surface area contributed by atoms with Crippen molar-refractivity contribution >= 4 is 5.96 Å². The Kier molecular flexibility index (Phi) is 4.32. The van der Waals surface area contributed by atoms with E-state index in [1.54, 1.807) is 7.05 Å². The van der Waals surface area contributed by atoms with E-state index in [4.69, 9.17) is 0 Å². The Hall–Kier alpha value is -2.37. The predicted octanol–water partition coefficient (Wildman–Crippen LogP) is 1.96. The molecular formula is C17H24N6. The van der Waals surface area contributed by atoms with Gasteiger partial charge in [-0.25, -0.2) is 9.67 Å². The van der Waals surface area contributed by atoms with E-state index in [2.05, 4.69) is 38.7 Å². The van der Waals surface area contributed by atoms with Crippen LogP contribution in [0.3, 0.4) is 0 Å². The zero-order chi connectivity index (χ0) is 16.4. The maximum absolute atomic E-state index is 4.51. The molecule has 2 heterocycles. The monoisotopic (exact) mass is 312 g/mol. The fourth-order valence-electron chi connectivity index (χ4n) is 2.59. The van der Waals surface area contributed by atoms with Crippen molar-refractivity contribution in [3.8, 4) is 5.82 Å². The van der Waals surface area contributed by atoms with Gasteiger partial charge in [0, 0.05) is 31.5 Å². The lowest BCUT2D eigenvalue weighted by Gasteiger charge is -2.11. The van der Waals surface area contributed by atoms with Gasteiger partial charge in [0.05, 0.1) is 5.69 Å². The van der Waals surface area contributed by atoms with Crippen molar-refractivity contribution in [3.05, 3.63) is 41.3 Å². The average Bonchev–Trinajstić information content (AvgIpc) is 3.13. The second kappa shape index (κ2) is 6.40. The summed E-state index contributed by atoms with van der Waals surface area (Å²) in [7, 11) is 1.80. The SMILES string of the molecule is CN=C(NCc1ccc(-n2nc(C)cc2C)nc1)NC1CC1C. The minimum absolute atomic E-state index is 0.563. The molecule has 1 aliphatic rings. The molecule has 2 N–H and O–H groups in total. The second-order valence-corrected chi connectivity index (χ2v) is 6.25. The molecule has 6 heteroatoms. The molecule has 1 saturated carbocycles. The van der Waals surface area contributed by atoms with Crippen molar-refractivity contribution in [3.63, 3.8) is 0 Å². The van der Waals surface area contributed by atoms with Gasteiger partial charge in [-0.05, 0) is 43.9 Å².